The molecule has 0 amide bonds. The fourth-order valence-corrected chi connectivity index (χ4v) is 1.17. The summed E-state index contributed by atoms with van der Waals surface area (Å²) in [6, 6.07) is 3.49. The van der Waals surface area contributed by atoms with Crippen molar-refractivity contribution in [2.75, 3.05) is 0 Å². The number of furan rings is 1. The Morgan fingerprint density at radius 2 is 2.42 bits per heavy atom. The van der Waals surface area contributed by atoms with E-state index in [0.29, 0.717) is 11.6 Å². The van der Waals surface area contributed by atoms with E-state index in [-0.39, 0.29) is 5.92 Å². The number of rotatable bonds is 4. The molecule has 0 aliphatic carbocycles. The summed E-state index contributed by atoms with van der Waals surface area (Å²) in [6.07, 6.45) is 2.44. The van der Waals surface area contributed by atoms with Gasteiger partial charge in [0.2, 0.25) is 0 Å². The number of carbonyl (C=O) groups excluding carboxylic acids is 1. The van der Waals surface area contributed by atoms with Crippen molar-refractivity contribution in [3.8, 4) is 0 Å². The maximum atomic E-state index is 10.5. The summed E-state index contributed by atoms with van der Waals surface area (Å²) in [5, 5.41) is 0.380. The van der Waals surface area contributed by atoms with Gasteiger partial charge in [-0.1, -0.05) is 6.92 Å². The molecule has 0 saturated carbocycles. The number of halogens is 1. The monoisotopic (exact) mass is 186 g/mol. The molecule has 0 aliphatic heterocycles. The highest BCUT2D eigenvalue weighted by atomic mass is 35.5. The van der Waals surface area contributed by atoms with Gasteiger partial charge in [-0.2, -0.15) is 0 Å². The molecule has 1 unspecified atom stereocenters. The summed E-state index contributed by atoms with van der Waals surface area (Å²) in [5.41, 5.74) is 0. The predicted molar refractivity (Wildman–Crippen MR) is 47.3 cm³/mol. The maximum Gasteiger partial charge on any atom is 0.193 e. The van der Waals surface area contributed by atoms with E-state index < -0.39 is 0 Å². The Hall–Kier alpha value is -0.760. The van der Waals surface area contributed by atoms with Gasteiger partial charge in [0, 0.05) is 12.3 Å². The minimum atomic E-state index is 0.0483. The van der Waals surface area contributed by atoms with E-state index in [4.69, 9.17) is 16.0 Å². The molecule has 0 fully saturated rings. The van der Waals surface area contributed by atoms with Crippen LogP contribution in [0.25, 0.3) is 0 Å². The second kappa shape index (κ2) is 4.31. The molecule has 0 saturated heterocycles. The van der Waals surface area contributed by atoms with Crippen LogP contribution in [0, 0.1) is 5.92 Å². The van der Waals surface area contributed by atoms with E-state index in [1.54, 1.807) is 12.1 Å². The average Bonchev–Trinajstić information content (AvgIpc) is 2.47. The summed E-state index contributed by atoms with van der Waals surface area (Å²) in [5.74, 6) is 0.825. The van der Waals surface area contributed by atoms with Crippen molar-refractivity contribution in [2.45, 2.75) is 19.8 Å². The van der Waals surface area contributed by atoms with E-state index in [1.165, 1.54) is 0 Å². The Morgan fingerprint density at radius 3 is 2.83 bits per heavy atom. The first-order chi connectivity index (χ1) is 5.76. The third-order valence-corrected chi connectivity index (χ3v) is 2.01. The second-order valence-corrected chi connectivity index (χ2v) is 3.09. The van der Waals surface area contributed by atoms with E-state index in [1.807, 2.05) is 6.92 Å². The molecule has 1 aromatic rings. The van der Waals surface area contributed by atoms with Gasteiger partial charge in [0.15, 0.2) is 5.22 Å². The van der Waals surface area contributed by atoms with Crippen molar-refractivity contribution in [3.05, 3.63) is 23.1 Å². The highest BCUT2D eigenvalue weighted by molar-refractivity contribution is 6.28. The third kappa shape index (κ3) is 2.38. The molecule has 1 rings (SSSR count). The molecule has 12 heavy (non-hydrogen) atoms. The Balaban J connectivity index is 2.56. The first-order valence-corrected chi connectivity index (χ1v) is 4.33. The summed E-state index contributed by atoms with van der Waals surface area (Å²) >= 11 is 5.58. The van der Waals surface area contributed by atoms with Crippen LogP contribution >= 0.6 is 11.6 Å². The van der Waals surface area contributed by atoms with Crippen LogP contribution < -0.4 is 0 Å². The van der Waals surface area contributed by atoms with Gasteiger partial charge in [-0.25, -0.2) is 0 Å². The van der Waals surface area contributed by atoms with Crippen molar-refractivity contribution in [1.29, 1.82) is 0 Å². The Kier molecular flexibility index (Phi) is 3.35. The second-order valence-electron chi connectivity index (χ2n) is 2.71. The topological polar surface area (TPSA) is 30.2 Å². The van der Waals surface area contributed by atoms with Crippen molar-refractivity contribution >= 4 is 17.9 Å². The molecule has 1 heterocycles. The highest BCUT2D eigenvalue weighted by Crippen LogP contribution is 2.17. The first-order valence-electron chi connectivity index (χ1n) is 3.95. The van der Waals surface area contributed by atoms with Gasteiger partial charge in [-0.15, -0.1) is 0 Å². The van der Waals surface area contributed by atoms with Crippen molar-refractivity contribution in [1.82, 2.24) is 0 Å². The molecule has 66 valence electrons. The maximum absolute atomic E-state index is 10.5. The van der Waals surface area contributed by atoms with E-state index in [0.717, 1.165) is 18.5 Å². The SMILES string of the molecule is CCC(C=O)Cc1ccc(Cl)o1. The zero-order valence-corrected chi connectivity index (χ0v) is 7.67. The minimum absolute atomic E-state index is 0.0483. The molecule has 0 aromatic carbocycles. The van der Waals surface area contributed by atoms with Gasteiger partial charge >= 0.3 is 0 Å². The Labute approximate surface area is 76.5 Å². The lowest BCUT2D eigenvalue weighted by atomic mass is 10.0. The van der Waals surface area contributed by atoms with Crippen molar-refractivity contribution in [3.63, 3.8) is 0 Å². The minimum Gasteiger partial charge on any atom is -0.450 e. The quantitative estimate of drug-likeness (QED) is 0.677. The summed E-state index contributed by atoms with van der Waals surface area (Å²) in [7, 11) is 0. The van der Waals surface area contributed by atoms with Crippen molar-refractivity contribution < 1.29 is 9.21 Å². The van der Waals surface area contributed by atoms with Crippen LogP contribution in [0.3, 0.4) is 0 Å². The number of hydrogen-bond acceptors (Lipinski definition) is 2. The van der Waals surface area contributed by atoms with Crippen LogP contribution in [0.4, 0.5) is 0 Å². The third-order valence-electron chi connectivity index (χ3n) is 1.81. The zero-order chi connectivity index (χ0) is 8.97. The molecular weight excluding hydrogens is 176 g/mol. The van der Waals surface area contributed by atoms with Crippen LogP contribution in [-0.2, 0) is 11.2 Å². The molecule has 0 bridgehead atoms. The van der Waals surface area contributed by atoms with Gasteiger partial charge in [0.05, 0.1) is 0 Å². The van der Waals surface area contributed by atoms with Gasteiger partial charge in [-0.3, -0.25) is 0 Å². The molecule has 0 N–H and O–H groups in total. The van der Waals surface area contributed by atoms with Gasteiger partial charge in [-0.05, 0) is 30.2 Å². The summed E-state index contributed by atoms with van der Waals surface area (Å²) < 4.78 is 5.12. The standard InChI is InChI=1S/C9H11ClO2/c1-2-7(6-11)5-8-3-4-9(10)12-8/h3-4,6-7H,2,5H2,1H3. The van der Waals surface area contributed by atoms with E-state index in [9.17, 15) is 4.79 Å². The molecule has 0 aliphatic rings. The Morgan fingerprint density at radius 1 is 1.67 bits per heavy atom. The number of hydrogen-bond donors (Lipinski definition) is 0. The lowest BCUT2D eigenvalue weighted by molar-refractivity contribution is -0.111. The molecule has 3 heteroatoms. The first kappa shape index (κ1) is 9.33. The molecular formula is C9H11ClO2. The Bertz CT molecular complexity index is 255. The van der Waals surface area contributed by atoms with Crippen LogP contribution in [0.1, 0.15) is 19.1 Å². The lowest BCUT2D eigenvalue weighted by Crippen LogP contribution is -2.03. The van der Waals surface area contributed by atoms with Gasteiger partial charge in [0.1, 0.15) is 12.0 Å². The predicted octanol–water partition coefficient (Wildman–Crippen LogP) is 2.70. The summed E-state index contributed by atoms with van der Waals surface area (Å²) in [6.45, 7) is 1.98. The highest BCUT2D eigenvalue weighted by Gasteiger charge is 2.08. The molecule has 0 radical (unpaired) electrons. The van der Waals surface area contributed by atoms with Crippen molar-refractivity contribution in [2.24, 2.45) is 5.92 Å². The smallest absolute Gasteiger partial charge is 0.193 e. The van der Waals surface area contributed by atoms with Crippen LogP contribution in [0.15, 0.2) is 16.5 Å². The molecule has 1 aromatic heterocycles. The van der Waals surface area contributed by atoms with Crippen LogP contribution in [0.2, 0.25) is 5.22 Å². The molecule has 0 spiro atoms. The van der Waals surface area contributed by atoms with Gasteiger partial charge < -0.3 is 9.21 Å². The average molecular weight is 187 g/mol. The lowest BCUT2D eigenvalue weighted by Gasteiger charge is -2.02. The normalized spacial score (nSPS) is 12.8. The molecule has 2 nitrogen and oxygen atoms in total. The fourth-order valence-electron chi connectivity index (χ4n) is 1.01. The van der Waals surface area contributed by atoms with E-state index in [2.05, 4.69) is 0 Å². The van der Waals surface area contributed by atoms with Crippen LogP contribution in [0.5, 0.6) is 0 Å². The van der Waals surface area contributed by atoms with Gasteiger partial charge in [0.25, 0.3) is 0 Å². The van der Waals surface area contributed by atoms with E-state index >= 15 is 0 Å². The number of aldehydes is 1. The zero-order valence-electron chi connectivity index (χ0n) is 6.92. The fraction of sp³-hybridized carbons (Fsp3) is 0.444. The summed E-state index contributed by atoms with van der Waals surface area (Å²) in [4.78, 5) is 10.5. The largest absolute Gasteiger partial charge is 0.450 e. The van der Waals surface area contributed by atoms with Crippen LogP contribution in [-0.4, -0.2) is 6.29 Å². The number of carbonyl (C=O) groups is 1. The molecule has 1 atom stereocenters.